The van der Waals surface area contributed by atoms with E-state index in [1.165, 1.54) is 0 Å². The molecule has 1 N–H and O–H groups in total. The number of aromatic nitrogens is 1. The lowest BCUT2D eigenvalue weighted by atomic mass is 10.2. The molecule has 0 fully saturated rings. The number of nitrogens with zero attached hydrogens (tertiary/aromatic N) is 1. The van der Waals surface area contributed by atoms with Gasteiger partial charge in [-0.2, -0.15) is 0 Å². The van der Waals surface area contributed by atoms with Crippen molar-refractivity contribution < 1.29 is 4.79 Å². The van der Waals surface area contributed by atoms with Gasteiger partial charge in [-0.15, -0.1) is 11.3 Å². The van der Waals surface area contributed by atoms with Crippen molar-refractivity contribution in [2.45, 2.75) is 19.8 Å². The van der Waals surface area contributed by atoms with E-state index in [4.69, 9.17) is 11.6 Å². The van der Waals surface area contributed by atoms with Gasteiger partial charge < -0.3 is 5.32 Å². The second-order valence-corrected chi connectivity index (χ2v) is 6.79. The van der Waals surface area contributed by atoms with E-state index in [2.05, 4.69) is 24.1 Å². The first kappa shape index (κ1) is 15.0. The smallest absolute Gasteiger partial charge is 0.257 e. The van der Waals surface area contributed by atoms with E-state index in [1.807, 2.05) is 18.2 Å². The highest BCUT2D eigenvalue weighted by molar-refractivity contribution is 7.18. The predicted octanol–water partition coefficient (Wildman–Crippen LogP) is 5.33. The third kappa shape index (κ3) is 2.98. The van der Waals surface area contributed by atoms with Gasteiger partial charge in [-0.05, 0) is 30.3 Å². The number of rotatable bonds is 3. The Morgan fingerprint density at radius 3 is 2.73 bits per heavy atom. The Kier molecular flexibility index (Phi) is 4.14. The van der Waals surface area contributed by atoms with Crippen LogP contribution in [0.15, 0.2) is 42.5 Å². The van der Waals surface area contributed by atoms with E-state index in [1.54, 1.807) is 35.6 Å². The van der Waals surface area contributed by atoms with Crippen molar-refractivity contribution in [3.8, 4) is 0 Å². The van der Waals surface area contributed by atoms with Gasteiger partial charge in [0.1, 0.15) is 0 Å². The second-order valence-electron chi connectivity index (χ2n) is 5.32. The molecule has 112 valence electrons. The van der Waals surface area contributed by atoms with Gasteiger partial charge in [0.05, 0.1) is 25.8 Å². The summed E-state index contributed by atoms with van der Waals surface area (Å²) in [5.74, 6) is 0.192. The van der Waals surface area contributed by atoms with E-state index in [0.29, 0.717) is 16.5 Å². The van der Waals surface area contributed by atoms with Crippen LogP contribution in [-0.4, -0.2) is 10.9 Å². The zero-order valence-electron chi connectivity index (χ0n) is 12.3. The van der Waals surface area contributed by atoms with Crippen LogP contribution in [0.1, 0.15) is 35.1 Å². The molecule has 3 aromatic rings. The summed E-state index contributed by atoms with van der Waals surface area (Å²) in [4.78, 5) is 16.9. The SMILES string of the molecule is CC(C)c1nc2ccc(NC(=O)c3ccccc3Cl)cc2s1. The number of amides is 1. The molecule has 0 bridgehead atoms. The Bertz CT molecular complexity index is 842. The number of hydrogen-bond donors (Lipinski definition) is 1. The van der Waals surface area contributed by atoms with E-state index >= 15 is 0 Å². The molecule has 0 atom stereocenters. The fourth-order valence-corrected chi connectivity index (χ4v) is 3.34. The zero-order chi connectivity index (χ0) is 15.7. The molecule has 0 radical (unpaired) electrons. The monoisotopic (exact) mass is 330 g/mol. The molecule has 1 aromatic heterocycles. The largest absolute Gasteiger partial charge is 0.322 e. The maximum atomic E-state index is 12.3. The molecule has 0 saturated carbocycles. The standard InChI is InChI=1S/C17H15ClN2OS/c1-10(2)17-20-14-8-7-11(9-15(14)22-17)19-16(21)12-5-3-4-6-13(12)18/h3-10H,1-2H3,(H,19,21). The Hall–Kier alpha value is -1.91. The average Bonchev–Trinajstić information content (AvgIpc) is 2.91. The lowest BCUT2D eigenvalue weighted by Crippen LogP contribution is -2.12. The lowest BCUT2D eigenvalue weighted by Gasteiger charge is -2.06. The zero-order valence-corrected chi connectivity index (χ0v) is 13.8. The van der Waals surface area contributed by atoms with Gasteiger partial charge in [-0.25, -0.2) is 4.98 Å². The number of fused-ring (bicyclic) bond motifs is 1. The highest BCUT2D eigenvalue weighted by Gasteiger charge is 2.12. The molecule has 0 unspecified atom stereocenters. The fourth-order valence-electron chi connectivity index (χ4n) is 2.11. The van der Waals surface area contributed by atoms with Gasteiger partial charge in [-0.1, -0.05) is 37.6 Å². The van der Waals surface area contributed by atoms with Gasteiger partial charge in [0.25, 0.3) is 5.91 Å². The third-order valence-corrected chi connectivity index (χ3v) is 4.92. The van der Waals surface area contributed by atoms with Crippen LogP contribution in [0.2, 0.25) is 5.02 Å². The number of carbonyl (C=O) groups excluding carboxylic acids is 1. The van der Waals surface area contributed by atoms with Gasteiger partial charge in [0.2, 0.25) is 0 Å². The van der Waals surface area contributed by atoms with Gasteiger partial charge in [0, 0.05) is 11.6 Å². The molecular weight excluding hydrogens is 316 g/mol. The van der Waals surface area contributed by atoms with Crippen molar-refractivity contribution in [3.05, 3.63) is 58.1 Å². The van der Waals surface area contributed by atoms with E-state index in [9.17, 15) is 4.79 Å². The maximum absolute atomic E-state index is 12.3. The van der Waals surface area contributed by atoms with Crippen molar-refractivity contribution >= 4 is 44.7 Å². The summed E-state index contributed by atoms with van der Waals surface area (Å²) < 4.78 is 1.07. The average molecular weight is 331 g/mol. The van der Waals surface area contributed by atoms with Crippen molar-refractivity contribution in [3.63, 3.8) is 0 Å². The minimum atomic E-state index is -0.210. The minimum absolute atomic E-state index is 0.210. The van der Waals surface area contributed by atoms with Gasteiger partial charge >= 0.3 is 0 Å². The molecule has 22 heavy (non-hydrogen) atoms. The van der Waals surface area contributed by atoms with Gasteiger partial charge in [0.15, 0.2) is 0 Å². The number of halogens is 1. The van der Waals surface area contributed by atoms with E-state index in [-0.39, 0.29) is 5.91 Å². The number of carbonyl (C=O) groups is 1. The number of nitrogens with one attached hydrogen (secondary N) is 1. The molecule has 1 heterocycles. The molecule has 0 aliphatic carbocycles. The molecule has 3 rings (SSSR count). The molecular formula is C17H15ClN2OS. The molecule has 0 aliphatic rings. The highest BCUT2D eigenvalue weighted by atomic mass is 35.5. The van der Waals surface area contributed by atoms with Crippen molar-refractivity contribution in [2.24, 2.45) is 0 Å². The summed E-state index contributed by atoms with van der Waals surface area (Å²) in [5, 5.41) is 4.43. The Balaban J connectivity index is 1.88. The van der Waals surface area contributed by atoms with Crippen LogP contribution in [0.5, 0.6) is 0 Å². The van der Waals surface area contributed by atoms with Crippen molar-refractivity contribution in [2.75, 3.05) is 5.32 Å². The third-order valence-electron chi connectivity index (χ3n) is 3.28. The molecule has 1 amide bonds. The second kappa shape index (κ2) is 6.07. The topological polar surface area (TPSA) is 42.0 Å². The van der Waals surface area contributed by atoms with Crippen LogP contribution >= 0.6 is 22.9 Å². The van der Waals surface area contributed by atoms with Crippen LogP contribution in [0.4, 0.5) is 5.69 Å². The molecule has 0 aliphatic heterocycles. The van der Waals surface area contributed by atoms with Crippen LogP contribution in [0.3, 0.4) is 0 Å². The molecule has 0 spiro atoms. The highest BCUT2D eigenvalue weighted by Crippen LogP contribution is 2.29. The van der Waals surface area contributed by atoms with E-state index < -0.39 is 0 Å². The normalized spacial score (nSPS) is 11.1. The first-order chi connectivity index (χ1) is 10.5. The lowest BCUT2D eigenvalue weighted by molar-refractivity contribution is 0.102. The summed E-state index contributed by atoms with van der Waals surface area (Å²) in [6.07, 6.45) is 0. The maximum Gasteiger partial charge on any atom is 0.257 e. The summed E-state index contributed by atoms with van der Waals surface area (Å²) in [7, 11) is 0. The quantitative estimate of drug-likeness (QED) is 0.705. The number of anilines is 1. The first-order valence-electron chi connectivity index (χ1n) is 7.01. The molecule has 2 aromatic carbocycles. The Morgan fingerprint density at radius 2 is 2.00 bits per heavy atom. The Morgan fingerprint density at radius 1 is 1.23 bits per heavy atom. The van der Waals surface area contributed by atoms with E-state index in [0.717, 1.165) is 20.9 Å². The summed E-state index contributed by atoms with van der Waals surface area (Å²) >= 11 is 7.71. The first-order valence-corrected chi connectivity index (χ1v) is 8.20. The number of thiazole rings is 1. The minimum Gasteiger partial charge on any atom is -0.322 e. The van der Waals surface area contributed by atoms with Crippen molar-refractivity contribution in [1.29, 1.82) is 0 Å². The number of hydrogen-bond acceptors (Lipinski definition) is 3. The van der Waals surface area contributed by atoms with Crippen LogP contribution in [0, 0.1) is 0 Å². The van der Waals surface area contributed by atoms with Crippen LogP contribution in [-0.2, 0) is 0 Å². The summed E-state index contributed by atoms with van der Waals surface area (Å²) in [6, 6.07) is 12.8. The van der Waals surface area contributed by atoms with Gasteiger partial charge in [-0.3, -0.25) is 4.79 Å². The summed E-state index contributed by atoms with van der Waals surface area (Å²) in [6.45, 7) is 4.25. The van der Waals surface area contributed by atoms with Crippen molar-refractivity contribution in [1.82, 2.24) is 4.98 Å². The van der Waals surface area contributed by atoms with Crippen LogP contribution in [0.25, 0.3) is 10.2 Å². The summed E-state index contributed by atoms with van der Waals surface area (Å²) in [5.41, 5.74) is 2.18. The van der Waals surface area contributed by atoms with Crippen LogP contribution < -0.4 is 5.32 Å². The Labute approximate surface area is 138 Å². The predicted molar refractivity (Wildman–Crippen MR) is 93.1 cm³/mol. The number of benzene rings is 2. The fraction of sp³-hybridized carbons (Fsp3) is 0.176. The molecule has 5 heteroatoms. The molecule has 3 nitrogen and oxygen atoms in total. The molecule has 0 saturated heterocycles.